The van der Waals surface area contributed by atoms with Crippen molar-refractivity contribution in [2.45, 2.75) is 29.1 Å². The molecular weight excluding hydrogens is 324 g/mol. The Bertz CT molecular complexity index is 776. The van der Waals surface area contributed by atoms with Crippen molar-refractivity contribution in [2.75, 3.05) is 0 Å². The predicted octanol–water partition coefficient (Wildman–Crippen LogP) is 3.92. The van der Waals surface area contributed by atoms with E-state index in [9.17, 15) is 8.42 Å². The summed E-state index contributed by atoms with van der Waals surface area (Å²) in [5.41, 5.74) is 1.39. The first kappa shape index (κ1) is 12.9. The first-order chi connectivity index (χ1) is 8.85. The molecule has 2 aromatic carbocycles. The van der Waals surface area contributed by atoms with Crippen LogP contribution in [0.5, 0.6) is 0 Å². The maximum absolute atomic E-state index is 12.7. The van der Waals surface area contributed by atoms with Gasteiger partial charge in [-0.15, -0.1) is 0 Å². The zero-order chi connectivity index (χ0) is 13.8. The van der Waals surface area contributed by atoms with Crippen LogP contribution in [0.1, 0.15) is 25.0 Å². The van der Waals surface area contributed by atoms with Crippen molar-refractivity contribution in [3.8, 4) is 0 Å². The van der Waals surface area contributed by atoms with Gasteiger partial charge in [-0.05, 0) is 35.4 Å². The van der Waals surface area contributed by atoms with E-state index in [1.54, 1.807) is 24.3 Å². The maximum atomic E-state index is 12.7. The highest BCUT2D eigenvalue weighted by molar-refractivity contribution is 9.10. The van der Waals surface area contributed by atoms with Gasteiger partial charge in [-0.2, -0.15) is 0 Å². The topological polar surface area (TPSA) is 34.1 Å². The van der Waals surface area contributed by atoms with Crippen LogP contribution < -0.4 is 0 Å². The SMILES string of the molecule is CC1(C)c2ccccc2S(=O)(=O)c2ccc(Br)cc21. The molecule has 0 amide bonds. The van der Waals surface area contributed by atoms with Crippen molar-refractivity contribution in [3.05, 3.63) is 58.1 Å². The average Bonchev–Trinajstić information content (AvgIpc) is 2.37. The van der Waals surface area contributed by atoms with E-state index in [2.05, 4.69) is 29.8 Å². The van der Waals surface area contributed by atoms with Crippen LogP contribution in [0.15, 0.2) is 56.7 Å². The molecule has 0 aromatic heterocycles. The third kappa shape index (κ3) is 1.70. The van der Waals surface area contributed by atoms with Gasteiger partial charge in [0.05, 0.1) is 9.79 Å². The lowest BCUT2D eigenvalue weighted by Crippen LogP contribution is -2.29. The zero-order valence-electron chi connectivity index (χ0n) is 10.6. The Morgan fingerprint density at radius 2 is 1.58 bits per heavy atom. The van der Waals surface area contributed by atoms with Crippen LogP contribution in [0.2, 0.25) is 0 Å². The number of hydrogen-bond donors (Lipinski definition) is 0. The Hall–Kier alpha value is -1.13. The second-order valence-electron chi connectivity index (χ2n) is 5.27. The maximum Gasteiger partial charge on any atom is 0.207 e. The molecule has 0 unspecified atom stereocenters. The van der Waals surface area contributed by atoms with Gasteiger partial charge in [0.15, 0.2) is 0 Å². The van der Waals surface area contributed by atoms with Crippen LogP contribution in [-0.2, 0) is 15.3 Å². The van der Waals surface area contributed by atoms with Crippen LogP contribution in [-0.4, -0.2) is 8.42 Å². The molecule has 0 N–H and O–H groups in total. The van der Waals surface area contributed by atoms with Crippen LogP contribution in [0.4, 0.5) is 0 Å². The largest absolute Gasteiger partial charge is 0.218 e. The van der Waals surface area contributed by atoms with Gasteiger partial charge in [0.25, 0.3) is 0 Å². The van der Waals surface area contributed by atoms with E-state index in [-0.39, 0.29) is 5.41 Å². The smallest absolute Gasteiger partial charge is 0.207 e. The van der Waals surface area contributed by atoms with Crippen LogP contribution >= 0.6 is 15.9 Å². The number of benzene rings is 2. The Morgan fingerprint density at radius 3 is 2.32 bits per heavy atom. The third-order valence-corrected chi connectivity index (χ3v) is 6.12. The fourth-order valence-electron chi connectivity index (χ4n) is 2.71. The van der Waals surface area contributed by atoms with E-state index < -0.39 is 9.84 Å². The Balaban J connectivity index is 2.48. The summed E-state index contributed by atoms with van der Waals surface area (Å²) in [6.07, 6.45) is 0. The number of sulfone groups is 1. The van der Waals surface area contributed by atoms with Gasteiger partial charge in [0.2, 0.25) is 9.84 Å². The van der Waals surface area contributed by atoms with Crippen molar-refractivity contribution >= 4 is 25.8 Å². The summed E-state index contributed by atoms with van der Waals surface area (Å²) in [5, 5.41) is 0. The fourth-order valence-corrected chi connectivity index (χ4v) is 5.03. The molecule has 4 heteroatoms. The third-order valence-electron chi connectivity index (χ3n) is 3.75. The molecule has 19 heavy (non-hydrogen) atoms. The van der Waals surface area contributed by atoms with Gasteiger partial charge in [-0.1, -0.05) is 48.0 Å². The summed E-state index contributed by atoms with van der Waals surface area (Å²) in [4.78, 5) is 0.842. The molecule has 0 saturated carbocycles. The van der Waals surface area contributed by atoms with Gasteiger partial charge in [-0.3, -0.25) is 0 Å². The van der Waals surface area contributed by atoms with Crippen LogP contribution in [0.25, 0.3) is 0 Å². The Kier molecular flexibility index (Phi) is 2.67. The number of fused-ring (bicyclic) bond motifs is 2. The van der Waals surface area contributed by atoms with Gasteiger partial charge in [0, 0.05) is 9.89 Å². The molecule has 2 aromatic rings. The summed E-state index contributed by atoms with van der Waals surface area (Å²) >= 11 is 3.42. The van der Waals surface area contributed by atoms with Crippen molar-refractivity contribution in [2.24, 2.45) is 0 Å². The molecule has 0 fully saturated rings. The number of halogens is 1. The standard InChI is InChI=1S/C15H13BrO2S/c1-15(2)11-5-3-4-6-13(11)19(17,18)14-8-7-10(16)9-12(14)15/h3-9H,1-2H3. The minimum absolute atomic E-state index is 0.318. The first-order valence-electron chi connectivity index (χ1n) is 6.00. The second-order valence-corrected chi connectivity index (χ2v) is 8.07. The van der Waals surface area contributed by atoms with E-state index in [0.717, 1.165) is 15.6 Å². The Labute approximate surface area is 121 Å². The number of rotatable bonds is 0. The van der Waals surface area contributed by atoms with E-state index in [1.165, 1.54) is 0 Å². The Morgan fingerprint density at radius 1 is 0.947 bits per heavy atom. The van der Waals surface area contributed by atoms with Crippen molar-refractivity contribution in [1.82, 2.24) is 0 Å². The molecule has 2 nitrogen and oxygen atoms in total. The average molecular weight is 337 g/mol. The minimum atomic E-state index is -3.41. The molecule has 98 valence electrons. The quantitative estimate of drug-likeness (QED) is 0.730. The van der Waals surface area contributed by atoms with Crippen molar-refractivity contribution in [3.63, 3.8) is 0 Å². The van der Waals surface area contributed by atoms with Gasteiger partial charge >= 0.3 is 0 Å². The second kappa shape index (κ2) is 3.93. The molecule has 0 saturated heterocycles. The normalized spacial score (nSPS) is 18.5. The lowest BCUT2D eigenvalue weighted by molar-refractivity contribution is 0.555. The summed E-state index contributed by atoms with van der Waals surface area (Å²) in [5.74, 6) is 0. The highest BCUT2D eigenvalue weighted by Crippen LogP contribution is 2.45. The van der Waals surface area contributed by atoms with Crippen molar-refractivity contribution < 1.29 is 8.42 Å². The van der Waals surface area contributed by atoms with E-state index in [1.807, 2.05) is 18.2 Å². The molecular formula is C15H13BrO2S. The van der Waals surface area contributed by atoms with Crippen LogP contribution in [0.3, 0.4) is 0 Å². The lowest BCUT2D eigenvalue weighted by Gasteiger charge is -2.34. The minimum Gasteiger partial charge on any atom is -0.218 e. The lowest BCUT2D eigenvalue weighted by atomic mass is 9.78. The summed E-state index contributed by atoms with van der Waals surface area (Å²) in [6.45, 7) is 4.12. The van der Waals surface area contributed by atoms with Gasteiger partial charge in [0.1, 0.15) is 0 Å². The molecule has 1 aliphatic rings. The molecule has 1 heterocycles. The van der Waals surface area contributed by atoms with Gasteiger partial charge in [-0.25, -0.2) is 8.42 Å². The number of hydrogen-bond acceptors (Lipinski definition) is 2. The first-order valence-corrected chi connectivity index (χ1v) is 8.27. The highest BCUT2D eigenvalue weighted by Gasteiger charge is 2.40. The molecule has 0 radical (unpaired) electrons. The van der Waals surface area contributed by atoms with E-state index in [4.69, 9.17) is 0 Å². The monoisotopic (exact) mass is 336 g/mol. The molecule has 0 aliphatic carbocycles. The molecule has 3 rings (SSSR count). The van der Waals surface area contributed by atoms with E-state index in [0.29, 0.717) is 9.79 Å². The summed E-state index contributed by atoms with van der Waals surface area (Å²) in [7, 11) is -3.41. The van der Waals surface area contributed by atoms with E-state index >= 15 is 0 Å². The summed E-state index contributed by atoms with van der Waals surface area (Å²) in [6, 6.07) is 12.6. The highest BCUT2D eigenvalue weighted by atomic mass is 79.9. The molecule has 0 bridgehead atoms. The van der Waals surface area contributed by atoms with Crippen LogP contribution in [0, 0.1) is 0 Å². The molecule has 0 spiro atoms. The molecule has 0 atom stereocenters. The predicted molar refractivity (Wildman–Crippen MR) is 78.2 cm³/mol. The summed E-state index contributed by atoms with van der Waals surface area (Å²) < 4.78 is 26.3. The fraction of sp³-hybridized carbons (Fsp3) is 0.200. The molecule has 1 aliphatic heterocycles. The van der Waals surface area contributed by atoms with Gasteiger partial charge < -0.3 is 0 Å². The zero-order valence-corrected chi connectivity index (χ0v) is 13.0. The van der Waals surface area contributed by atoms with Crippen molar-refractivity contribution in [1.29, 1.82) is 0 Å².